The van der Waals surface area contributed by atoms with Crippen LogP contribution in [0.25, 0.3) is 0 Å². The number of thiol groups is 1. The van der Waals surface area contributed by atoms with Crippen molar-refractivity contribution in [3.05, 3.63) is 23.8 Å². The van der Waals surface area contributed by atoms with E-state index in [1.807, 2.05) is 6.07 Å². The van der Waals surface area contributed by atoms with Gasteiger partial charge >= 0.3 is 0 Å². The van der Waals surface area contributed by atoms with Crippen molar-refractivity contribution >= 4 is 16.6 Å². The number of ether oxygens (including phenoxy) is 1. The van der Waals surface area contributed by atoms with Crippen LogP contribution in [0.5, 0.6) is 5.75 Å². The van der Waals surface area contributed by atoms with Gasteiger partial charge in [0.05, 0.1) is 12.3 Å². The van der Waals surface area contributed by atoms with E-state index in [4.69, 9.17) is 24.2 Å². The van der Waals surface area contributed by atoms with Crippen LogP contribution < -0.4 is 15.6 Å². The molecule has 1 aromatic carbocycles. The van der Waals surface area contributed by atoms with Crippen molar-refractivity contribution in [2.45, 2.75) is 13.3 Å². The first-order chi connectivity index (χ1) is 8.95. The van der Waals surface area contributed by atoms with Crippen LogP contribution in [0.15, 0.2) is 18.2 Å². The summed E-state index contributed by atoms with van der Waals surface area (Å²) in [5.41, 5.74) is 6.61. The van der Waals surface area contributed by atoms with Crippen molar-refractivity contribution in [1.29, 1.82) is 5.26 Å². The second kappa shape index (κ2) is 6.97. The summed E-state index contributed by atoms with van der Waals surface area (Å²) in [5.74, 6) is 2.02. The number of nitriles is 1. The smallest absolute Gasteiger partial charge is 0.198 e. The summed E-state index contributed by atoms with van der Waals surface area (Å²) >= 11 is 0. The van der Waals surface area contributed by atoms with Crippen molar-refractivity contribution in [3.63, 3.8) is 0 Å². The summed E-state index contributed by atoms with van der Waals surface area (Å²) in [7, 11) is -2.62. The first-order valence-electron chi connectivity index (χ1n) is 5.76. The third kappa shape index (κ3) is 5.16. The van der Waals surface area contributed by atoms with Crippen LogP contribution in [0.1, 0.15) is 18.9 Å². The lowest BCUT2D eigenvalue weighted by molar-refractivity contribution is 0.293. The number of nitrogens with zero attached hydrogens (tertiary/aromatic N) is 1. The van der Waals surface area contributed by atoms with Crippen LogP contribution in [0.2, 0.25) is 0 Å². The zero-order chi connectivity index (χ0) is 14.4. The predicted octanol–water partition coefficient (Wildman–Crippen LogP) is 0.647. The molecule has 2 atom stereocenters. The van der Waals surface area contributed by atoms with E-state index in [0.717, 1.165) is 5.92 Å². The van der Waals surface area contributed by atoms with Gasteiger partial charge in [-0.3, -0.25) is 0 Å². The first-order valence-corrected chi connectivity index (χ1v) is 7.00. The molecule has 1 aromatic rings. The highest BCUT2D eigenvalue weighted by atomic mass is 32.2. The molecule has 0 bridgehead atoms. The molecule has 0 saturated heterocycles. The molecule has 2 unspecified atom stereocenters. The number of rotatable bonds is 3. The number of anilines is 1. The van der Waals surface area contributed by atoms with E-state index in [2.05, 4.69) is 18.1 Å². The summed E-state index contributed by atoms with van der Waals surface area (Å²) in [6, 6.07) is 7.38. The van der Waals surface area contributed by atoms with E-state index in [9.17, 15) is 0 Å². The van der Waals surface area contributed by atoms with Gasteiger partial charge in [-0.15, -0.1) is 0 Å². The normalized spacial score (nSPS) is 20.1. The maximum atomic E-state index is 8.92. The lowest BCUT2D eigenvalue weighted by Gasteiger charge is -2.08. The van der Waals surface area contributed by atoms with Gasteiger partial charge in [0.15, 0.2) is 10.9 Å². The Bertz CT molecular complexity index is 544. The molecule has 6 nitrogen and oxygen atoms in total. The molecular weight excluding hydrogens is 266 g/mol. The van der Waals surface area contributed by atoms with E-state index < -0.39 is 10.9 Å². The Morgan fingerprint density at radius 2 is 2.11 bits per heavy atom. The third-order valence-corrected chi connectivity index (χ3v) is 2.90. The molecule has 7 heteroatoms. The molecule has 19 heavy (non-hydrogen) atoms. The van der Waals surface area contributed by atoms with E-state index in [1.165, 1.54) is 6.42 Å². The van der Waals surface area contributed by atoms with Gasteiger partial charge in [-0.2, -0.15) is 5.26 Å². The Balaban J connectivity index is 0.000000399. The summed E-state index contributed by atoms with van der Waals surface area (Å²) in [4.78, 5) is 0. The summed E-state index contributed by atoms with van der Waals surface area (Å²) in [6.45, 7) is 2.90. The van der Waals surface area contributed by atoms with E-state index in [0.29, 0.717) is 29.5 Å². The number of hydrogen-bond donors (Lipinski definition) is 3. The summed E-state index contributed by atoms with van der Waals surface area (Å²) in [6.07, 6.45) is 1.23. The predicted molar refractivity (Wildman–Crippen MR) is 72.8 cm³/mol. The van der Waals surface area contributed by atoms with Gasteiger partial charge in [0.25, 0.3) is 0 Å². The lowest BCUT2D eigenvalue weighted by Crippen LogP contribution is -2.03. The van der Waals surface area contributed by atoms with Gasteiger partial charge in [0.2, 0.25) is 0 Å². The van der Waals surface area contributed by atoms with Gasteiger partial charge in [-0.25, -0.2) is 13.6 Å². The number of nitrogens with two attached hydrogens (primary N) is 2. The SMILES string of the molecule is CC1CC1COc1cccc(N)c1C#N.N[SH](=O)=O. The van der Waals surface area contributed by atoms with Crippen molar-refractivity contribution in [2.75, 3.05) is 12.3 Å². The van der Waals surface area contributed by atoms with E-state index in [1.54, 1.807) is 12.1 Å². The molecule has 0 aliphatic heterocycles. The maximum Gasteiger partial charge on any atom is 0.198 e. The third-order valence-electron chi connectivity index (χ3n) is 2.90. The zero-order valence-electron chi connectivity index (χ0n) is 10.6. The fourth-order valence-corrected chi connectivity index (χ4v) is 1.62. The largest absolute Gasteiger partial charge is 0.492 e. The topological polar surface area (TPSA) is 119 Å². The second-order valence-electron chi connectivity index (χ2n) is 4.40. The summed E-state index contributed by atoms with van der Waals surface area (Å²) < 4.78 is 23.2. The molecule has 1 aliphatic carbocycles. The Labute approximate surface area is 114 Å². The quantitative estimate of drug-likeness (QED) is 0.555. The van der Waals surface area contributed by atoms with Crippen LogP contribution in [0, 0.1) is 23.2 Å². The zero-order valence-corrected chi connectivity index (χ0v) is 11.5. The van der Waals surface area contributed by atoms with Crippen molar-refractivity contribution in [2.24, 2.45) is 17.0 Å². The molecular formula is C12H17N3O3S. The molecule has 4 N–H and O–H groups in total. The molecule has 2 rings (SSSR count). The van der Waals surface area contributed by atoms with Gasteiger partial charge in [-0.1, -0.05) is 13.0 Å². The van der Waals surface area contributed by atoms with Crippen LogP contribution in [0.3, 0.4) is 0 Å². The Morgan fingerprint density at radius 1 is 1.53 bits per heavy atom. The number of hydrogen-bond acceptors (Lipinski definition) is 5. The highest BCUT2D eigenvalue weighted by Crippen LogP contribution is 2.38. The molecule has 0 amide bonds. The van der Waals surface area contributed by atoms with Gasteiger partial charge < -0.3 is 10.5 Å². The van der Waals surface area contributed by atoms with Gasteiger partial charge in [0.1, 0.15) is 17.4 Å². The van der Waals surface area contributed by atoms with Crippen molar-refractivity contribution in [3.8, 4) is 11.8 Å². The minimum absolute atomic E-state index is 0.450. The Hall–Kier alpha value is -1.78. The molecule has 1 fully saturated rings. The standard InChI is InChI=1S/C12H14N2O.H3NO2S/c1-8-5-9(8)7-15-12-4-2-3-11(14)10(12)6-13;1-4(2)3/h2-4,8-9H,5,7,14H2,1H3;4H,(H2,1,2,3). The average molecular weight is 283 g/mol. The number of nitrogen functional groups attached to an aromatic ring is 1. The van der Waals surface area contributed by atoms with E-state index in [-0.39, 0.29) is 0 Å². The molecule has 104 valence electrons. The molecule has 1 saturated carbocycles. The Morgan fingerprint density at radius 3 is 2.58 bits per heavy atom. The summed E-state index contributed by atoms with van der Waals surface area (Å²) in [5, 5.41) is 13.0. The van der Waals surface area contributed by atoms with Crippen LogP contribution in [-0.2, 0) is 10.9 Å². The first kappa shape index (κ1) is 15.3. The van der Waals surface area contributed by atoms with E-state index >= 15 is 0 Å². The molecule has 1 aliphatic rings. The Kier molecular flexibility index (Phi) is 5.60. The van der Waals surface area contributed by atoms with Crippen LogP contribution in [0.4, 0.5) is 5.69 Å². The highest BCUT2D eigenvalue weighted by Gasteiger charge is 2.33. The fourth-order valence-electron chi connectivity index (χ4n) is 1.62. The average Bonchev–Trinajstić information content (AvgIpc) is 3.02. The fraction of sp³-hybridized carbons (Fsp3) is 0.417. The molecule has 0 heterocycles. The molecule has 0 aromatic heterocycles. The lowest BCUT2D eigenvalue weighted by atomic mass is 10.2. The second-order valence-corrected chi connectivity index (χ2v) is 4.97. The van der Waals surface area contributed by atoms with Crippen LogP contribution >= 0.6 is 0 Å². The monoisotopic (exact) mass is 283 g/mol. The number of benzene rings is 1. The van der Waals surface area contributed by atoms with Crippen molar-refractivity contribution in [1.82, 2.24) is 0 Å². The van der Waals surface area contributed by atoms with Gasteiger partial charge in [0, 0.05) is 0 Å². The van der Waals surface area contributed by atoms with Crippen molar-refractivity contribution < 1.29 is 13.2 Å². The minimum Gasteiger partial charge on any atom is -0.492 e. The van der Waals surface area contributed by atoms with Gasteiger partial charge in [-0.05, 0) is 30.4 Å². The van der Waals surface area contributed by atoms with Crippen LogP contribution in [-0.4, -0.2) is 15.0 Å². The maximum absolute atomic E-state index is 8.92. The highest BCUT2D eigenvalue weighted by molar-refractivity contribution is 7.69. The molecule has 0 spiro atoms. The minimum atomic E-state index is -2.62. The molecule has 0 radical (unpaired) electrons.